The molecule has 0 aliphatic heterocycles. The average Bonchev–Trinajstić information content (AvgIpc) is 2.45. The van der Waals surface area contributed by atoms with Crippen LogP contribution in [-0.2, 0) is 17.5 Å². The van der Waals surface area contributed by atoms with E-state index in [4.69, 9.17) is 4.65 Å². The quantitative estimate of drug-likeness (QED) is 0.501. The molecule has 2 N–H and O–H groups in total. The second kappa shape index (κ2) is 10.0. The number of aliphatic hydroxyl groups excluding tert-OH is 1. The van der Waals surface area contributed by atoms with Crippen LogP contribution >= 0.6 is 0 Å². The van der Waals surface area contributed by atoms with Crippen molar-refractivity contribution in [3.8, 4) is 0 Å². The fourth-order valence-corrected chi connectivity index (χ4v) is 2.05. The number of unbranched alkanes of at least 4 members (excludes halogenated alkanes) is 2. The monoisotopic (exact) mass is 262 g/mol. The van der Waals surface area contributed by atoms with Gasteiger partial charge in [-0.25, -0.2) is 0 Å². The van der Waals surface area contributed by atoms with E-state index in [-0.39, 0.29) is 12.6 Å². The summed E-state index contributed by atoms with van der Waals surface area (Å²) in [5.74, 6) is 0. The summed E-state index contributed by atoms with van der Waals surface area (Å²) < 4.78 is 4.84. The first-order chi connectivity index (χ1) is 9.30. The molecule has 1 aromatic rings. The Morgan fingerprint density at radius 2 is 1.89 bits per heavy atom. The van der Waals surface area contributed by atoms with Crippen molar-refractivity contribution < 1.29 is 9.76 Å². The Bertz CT molecular complexity index is 329. The van der Waals surface area contributed by atoms with Crippen LogP contribution in [-0.4, -0.2) is 32.5 Å². The standard InChI is InChI=1S/C15H25BNO2/c1-3-4-5-6-13-7-9-14(10-8-13)11-15(12-18)17-16-19-2/h7-10,15,17-18H,3-6,11-12H2,1-2H3/t15-/m0/s1. The molecule has 0 spiro atoms. The molecule has 1 rings (SSSR count). The summed E-state index contributed by atoms with van der Waals surface area (Å²) in [6, 6.07) is 8.70. The van der Waals surface area contributed by atoms with Crippen LogP contribution in [0.25, 0.3) is 0 Å². The van der Waals surface area contributed by atoms with E-state index in [0.717, 1.165) is 12.8 Å². The van der Waals surface area contributed by atoms with Gasteiger partial charge in [0.2, 0.25) is 0 Å². The molecule has 105 valence electrons. The lowest BCUT2D eigenvalue weighted by atomic mass is 10.0. The zero-order chi connectivity index (χ0) is 13.9. The second-order valence-electron chi connectivity index (χ2n) is 4.88. The molecule has 0 saturated heterocycles. The number of nitrogens with one attached hydrogen (secondary N) is 1. The number of hydrogen-bond donors (Lipinski definition) is 2. The van der Waals surface area contributed by atoms with Gasteiger partial charge in [0.25, 0.3) is 0 Å². The van der Waals surface area contributed by atoms with Crippen LogP contribution in [0.2, 0.25) is 0 Å². The third-order valence-corrected chi connectivity index (χ3v) is 3.22. The van der Waals surface area contributed by atoms with Crippen LogP contribution in [0.3, 0.4) is 0 Å². The van der Waals surface area contributed by atoms with Gasteiger partial charge in [-0.05, 0) is 30.4 Å². The molecule has 0 aliphatic carbocycles. The fourth-order valence-electron chi connectivity index (χ4n) is 2.05. The Balaban J connectivity index is 2.41. The minimum atomic E-state index is 0.00545. The molecule has 0 aromatic heterocycles. The molecule has 0 saturated carbocycles. The third-order valence-electron chi connectivity index (χ3n) is 3.22. The summed E-state index contributed by atoms with van der Waals surface area (Å²) in [7, 11) is 3.10. The van der Waals surface area contributed by atoms with Gasteiger partial charge in [0.05, 0.1) is 6.61 Å². The summed E-state index contributed by atoms with van der Waals surface area (Å²) in [6.07, 6.45) is 5.78. The van der Waals surface area contributed by atoms with E-state index < -0.39 is 0 Å². The highest BCUT2D eigenvalue weighted by molar-refractivity contribution is 6.23. The first-order valence-electron chi connectivity index (χ1n) is 7.09. The van der Waals surface area contributed by atoms with Gasteiger partial charge in [0.1, 0.15) is 0 Å². The van der Waals surface area contributed by atoms with Crippen LogP contribution in [0.5, 0.6) is 0 Å². The van der Waals surface area contributed by atoms with Gasteiger partial charge in [0.15, 0.2) is 0 Å². The van der Waals surface area contributed by atoms with Crippen molar-refractivity contribution in [2.45, 2.75) is 45.1 Å². The van der Waals surface area contributed by atoms with E-state index in [1.165, 1.54) is 38.0 Å². The molecule has 0 heterocycles. The van der Waals surface area contributed by atoms with Crippen LogP contribution in [0.4, 0.5) is 0 Å². The van der Waals surface area contributed by atoms with E-state index in [0.29, 0.717) is 0 Å². The smallest absolute Gasteiger partial charge is 0.395 e. The number of aryl methyl sites for hydroxylation is 1. The zero-order valence-electron chi connectivity index (χ0n) is 12.1. The lowest BCUT2D eigenvalue weighted by molar-refractivity contribution is 0.252. The van der Waals surface area contributed by atoms with Crippen molar-refractivity contribution in [2.24, 2.45) is 0 Å². The highest BCUT2D eigenvalue weighted by Gasteiger charge is 2.08. The predicted molar refractivity (Wildman–Crippen MR) is 80.1 cm³/mol. The molecular weight excluding hydrogens is 237 g/mol. The Kier molecular flexibility index (Phi) is 8.55. The Morgan fingerprint density at radius 1 is 1.21 bits per heavy atom. The molecule has 3 nitrogen and oxygen atoms in total. The highest BCUT2D eigenvalue weighted by Crippen LogP contribution is 2.10. The van der Waals surface area contributed by atoms with Crippen LogP contribution < -0.4 is 5.23 Å². The maximum atomic E-state index is 9.27. The maximum absolute atomic E-state index is 9.27. The summed E-state index contributed by atoms with van der Waals surface area (Å²) in [6.45, 7) is 2.32. The molecule has 0 unspecified atom stereocenters. The van der Waals surface area contributed by atoms with Gasteiger partial charge in [-0.15, -0.1) is 0 Å². The Morgan fingerprint density at radius 3 is 2.47 bits per heavy atom. The lowest BCUT2D eigenvalue weighted by Gasteiger charge is -2.15. The molecular formula is C15H25BNO2. The summed E-state index contributed by atoms with van der Waals surface area (Å²) >= 11 is 0. The van der Waals surface area contributed by atoms with Gasteiger partial charge < -0.3 is 15.0 Å². The van der Waals surface area contributed by atoms with Gasteiger partial charge in [-0.3, -0.25) is 0 Å². The van der Waals surface area contributed by atoms with Gasteiger partial charge in [-0.1, -0.05) is 44.0 Å². The maximum Gasteiger partial charge on any atom is 0.395 e. The van der Waals surface area contributed by atoms with E-state index in [1.807, 2.05) is 0 Å². The summed E-state index contributed by atoms with van der Waals surface area (Å²) in [5, 5.41) is 12.3. The van der Waals surface area contributed by atoms with Crippen molar-refractivity contribution in [1.29, 1.82) is 0 Å². The van der Waals surface area contributed by atoms with E-state index in [1.54, 1.807) is 7.11 Å². The SMILES string of the molecule is CCCCCc1ccc(C[C@@H](CO)N[B]OC)cc1. The molecule has 0 aliphatic rings. The fraction of sp³-hybridized carbons (Fsp3) is 0.600. The van der Waals surface area contributed by atoms with E-state index >= 15 is 0 Å². The van der Waals surface area contributed by atoms with Crippen molar-refractivity contribution >= 4 is 7.62 Å². The van der Waals surface area contributed by atoms with Crippen LogP contribution in [0, 0.1) is 0 Å². The van der Waals surface area contributed by atoms with Gasteiger partial charge >= 0.3 is 7.62 Å². The van der Waals surface area contributed by atoms with Crippen molar-refractivity contribution in [2.75, 3.05) is 13.7 Å². The summed E-state index contributed by atoms with van der Waals surface area (Å²) in [4.78, 5) is 0. The Hall–Kier alpha value is -0.835. The third kappa shape index (κ3) is 6.76. The van der Waals surface area contributed by atoms with Crippen molar-refractivity contribution in [1.82, 2.24) is 5.23 Å². The lowest BCUT2D eigenvalue weighted by Crippen LogP contribution is -2.37. The van der Waals surface area contributed by atoms with Gasteiger partial charge in [-0.2, -0.15) is 0 Å². The Labute approximate surface area is 117 Å². The zero-order valence-corrected chi connectivity index (χ0v) is 12.1. The average molecular weight is 262 g/mol. The van der Waals surface area contributed by atoms with Gasteiger partial charge in [0, 0.05) is 13.2 Å². The highest BCUT2D eigenvalue weighted by atomic mass is 16.4. The molecule has 1 atom stereocenters. The molecule has 1 aromatic carbocycles. The number of rotatable bonds is 10. The number of aliphatic hydroxyl groups is 1. The molecule has 1 radical (unpaired) electrons. The first-order valence-corrected chi connectivity index (χ1v) is 7.09. The molecule has 4 heteroatoms. The normalized spacial score (nSPS) is 12.4. The van der Waals surface area contributed by atoms with Crippen LogP contribution in [0.15, 0.2) is 24.3 Å². The molecule has 0 bridgehead atoms. The molecule has 0 fully saturated rings. The number of hydrogen-bond acceptors (Lipinski definition) is 3. The van der Waals surface area contributed by atoms with Crippen LogP contribution in [0.1, 0.15) is 37.3 Å². The molecule has 0 amide bonds. The number of benzene rings is 1. The molecule has 19 heavy (non-hydrogen) atoms. The van der Waals surface area contributed by atoms with Crippen molar-refractivity contribution in [3.63, 3.8) is 0 Å². The minimum absolute atomic E-state index is 0.00545. The van der Waals surface area contributed by atoms with Crippen molar-refractivity contribution in [3.05, 3.63) is 35.4 Å². The largest absolute Gasteiger partial charge is 0.427 e. The second-order valence-corrected chi connectivity index (χ2v) is 4.88. The first kappa shape index (κ1) is 16.2. The van der Waals surface area contributed by atoms with E-state index in [9.17, 15) is 5.11 Å². The predicted octanol–water partition coefficient (Wildman–Crippen LogP) is 2.09. The minimum Gasteiger partial charge on any atom is -0.427 e. The topological polar surface area (TPSA) is 41.5 Å². The van der Waals surface area contributed by atoms with E-state index in [2.05, 4.69) is 36.4 Å². The summed E-state index contributed by atoms with van der Waals surface area (Å²) in [5.41, 5.74) is 2.63.